The van der Waals surface area contributed by atoms with Crippen LogP contribution >= 0.6 is 15.9 Å². The SMILES string of the molecule is Brc1ccccc1C1Nc2ccccc2-c2cnnc3[nH]cc1c23. The minimum Gasteiger partial charge on any atom is -0.374 e. The second-order valence-corrected chi connectivity index (χ2v) is 6.72. The van der Waals surface area contributed by atoms with Gasteiger partial charge < -0.3 is 10.3 Å². The van der Waals surface area contributed by atoms with Crippen molar-refractivity contribution in [3.05, 3.63) is 76.5 Å². The van der Waals surface area contributed by atoms with E-state index in [1.54, 1.807) is 0 Å². The van der Waals surface area contributed by atoms with E-state index in [4.69, 9.17) is 0 Å². The second-order valence-electron chi connectivity index (χ2n) is 5.87. The fourth-order valence-corrected chi connectivity index (χ4v) is 3.98. The zero-order valence-electron chi connectivity index (χ0n) is 12.6. The molecule has 5 rings (SSSR count). The number of hydrogen-bond acceptors (Lipinski definition) is 3. The van der Waals surface area contributed by atoms with Gasteiger partial charge in [-0.3, -0.25) is 0 Å². The van der Waals surface area contributed by atoms with Crippen LogP contribution < -0.4 is 5.32 Å². The van der Waals surface area contributed by atoms with Crippen molar-refractivity contribution in [2.45, 2.75) is 6.04 Å². The maximum absolute atomic E-state index is 4.26. The van der Waals surface area contributed by atoms with Gasteiger partial charge in [-0.25, -0.2) is 0 Å². The summed E-state index contributed by atoms with van der Waals surface area (Å²) in [5, 5.41) is 13.3. The predicted octanol–water partition coefficient (Wildman–Crippen LogP) is 4.90. The highest BCUT2D eigenvalue weighted by Crippen LogP contribution is 2.44. The molecule has 0 bridgehead atoms. The summed E-state index contributed by atoms with van der Waals surface area (Å²) in [7, 11) is 0. The molecule has 0 radical (unpaired) electrons. The number of halogens is 1. The summed E-state index contributed by atoms with van der Waals surface area (Å²) < 4.78 is 1.08. The molecule has 0 saturated carbocycles. The Morgan fingerprint density at radius 3 is 2.67 bits per heavy atom. The summed E-state index contributed by atoms with van der Waals surface area (Å²) in [5.74, 6) is 0. The van der Waals surface area contributed by atoms with Crippen molar-refractivity contribution in [3.8, 4) is 11.1 Å². The van der Waals surface area contributed by atoms with E-state index in [-0.39, 0.29) is 6.04 Å². The van der Waals surface area contributed by atoms with Crippen molar-refractivity contribution in [3.63, 3.8) is 0 Å². The number of aromatic amines is 1. The van der Waals surface area contributed by atoms with E-state index < -0.39 is 0 Å². The third-order valence-electron chi connectivity index (χ3n) is 4.55. The average Bonchev–Trinajstić information content (AvgIpc) is 2.98. The number of rotatable bonds is 1. The largest absolute Gasteiger partial charge is 0.374 e. The molecule has 4 nitrogen and oxygen atoms in total. The van der Waals surface area contributed by atoms with Gasteiger partial charge in [-0.1, -0.05) is 52.3 Å². The first-order valence-electron chi connectivity index (χ1n) is 7.76. The van der Waals surface area contributed by atoms with Crippen molar-refractivity contribution in [2.24, 2.45) is 0 Å². The molecule has 1 aliphatic rings. The molecule has 0 aliphatic carbocycles. The fraction of sp³-hybridized carbons (Fsp3) is 0.0526. The molecule has 5 heteroatoms. The molecule has 1 aliphatic heterocycles. The van der Waals surface area contributed by atoms with Crippen molar-refractivity contribution in [2.75, 3.05) is 5.32 Å². The highest BCUT2D eigenvalue weighted by Gasteiger charge is 2.27. The monoisotopic (exact) mass is 376 g/mol. The lowest BCUT2D eigenvalue weighted by Crippen LogP contribution is -2.11. The van der Waals surface area contributed by atoms with Gasteiger partial charge in [0.15, 0.2) is 5.65 Å². The second kappa shape index (κ2) is 5.18. The number of nitrogens with zero attached hydrogens (tertiary/aromatic N) is 2. The van der Waals surface area contributed by atoms with Crippen LogP contribution in [-0.2, 0) is 0 Å². The third-order valence-corrected chi connectivity index (χ3v) is 5.27. The van der Waals surface area contributed by atoms with Crippen molar-refractivity contribution in [1.82, 2.24) is 15.2 Å². The molecule has 0 spiro atoms. The van der Waals surface area contributed by atoms with Crippen LogP contribution in [0.5, 0.6) is 0 Å². The van der Waals surface area contributed by atoms with E-state index in [0.29, 0.717) is 0 Å². The smallest absolute Gasteiger partial charge is 0.160 e. The topological polar surface area (TPSA) is 53.6 Å². The van der Waals surface area contributed by atoms with Gasteiger partial charge >= 0.3 is 0 Å². The lowest BCUT2D eigenvalue weighted by atomic mass is 9.98. The van der Waals surface area contributed by atoms with Crippen molar-refractivity contribution < 1.29 is 0 Å². The molecule has 3 heterocycles. The summed E-state index contributed by atoms with van der Waals surface area (Å²) in [6, 6.07) is 16.7. The van der Waals surface area contributed by atoms with Gasteiger partial charge in [-0.2, -0.15) is 5.10 Å². The molecule has 24 heavy (non-hydrogen) atoms. The predicted molar refractivity (Wildman–Crippen MR) is 98.9 cm³/mol. The number of benzene rings is 2. The first-order chi connectivity index (χ1) is 11.8. The van der Waals surface area contributed by atoms with Crippen LogP contribution in [0, 0.1) is 0 Å². The summed E-state index contributed by atoms with van der Waals surface area (Å²) in [5.41, 5.74) is 6.54. The Balaban J connectivity index is 1.87. The summed E-state index contributed by atoms with van der Waals surface area (Å²) in [6.45, 7) is 0. The quantitative estimate of drug-likeness (QED) is 0.496. The van der Waals surface area contributed by atoms with E-state index in [1.807, 2.05) is 18.5 Å². The molecule has 4 aromatic rings. The molecular formula is C19H13BrN4. The Labute approximate surface area is 147 Å². The van der Waals surface area contributed by atoms with Crippen LogP contribution in [-0.4, -0.2) is 15.2 Å². The summed E-state index contributed by atoms with van der Waals surface area (Å²) in [4.78, 5) is 3.27. The van der Waals surface area contributed by atoms with E-state index in [1.165, 1.54) is 11.1 Å². The molecule has 2 aromatic carbocycles. The zero-order chi connectivity index (χ0) is 16.1. The van der Waals surface area contributed by atoms with Gasteiger partial charge in [0.2, 0.25) is 0 Å². The number of hydrogen-bond donors (Lipinski definition) is 2. The highest BCUT2D eigenvalue weighted by atomic mass is 79.9. The Morgan fingerprint density at radius 1 is 0.917 bits per heavy atom. The van der Waals surface area contributed by atoms with Gasteiger partial charge in [-0.05, 0) is 17.7 Å². The molecule has 2 N–H and O–H groups in total. The standard InChI is InChI=1S/C19H13BrN4/c20-15-7-3-1-6-12(15)18-14-9-21-19-17(14)13(10-22-24-19)11-5-2-4-8-16(11)23-18/h1-10,18,23H,(H,21,24). The van der Waals surface area contributed by atoms with E-state index >= 15 is 0 Å². The lowest BCUT2D eigenvalue weighted by molar-refractivity contribution is 0.946. The Morgan fingerprint density at radius 2 is 1.75 bits per heavy atom. The van der Waals surface area contributed by atoms with Gasteiger partial charge in [-0.15, -0.1) is 5.10 Å². The Kier molecular flexibility index (Phi) is 2.97. The lowest BCUT2D eigenvalue weighted by Gasteiger charge is -2.20. The molecule has 0 amide bonds. The van der Waals surface area contributed by atoms with Crippen LogP contribution in [0.25, 0.3) is 22.2 Å². The van der Waals surface area contributed by atoms with Gasteiger partial charge in [0.1, 0.15) is 0 Å². The molecular weight excluding hydrogens is 364 g/mol. The van der Waals surface area contributed by atoms with E-state index in [0.717, 1.165) is 32.3 Å². The normalized spacial score (nSPS) is 15.6. The maximum atomic E-state index is 4.26. The molecule has 116 valence electrons. The average molecular weight is 377 g/mol. The minimum absolute atomic E-state index is 0.0286. The number of anilines is 1. The minimum atomic E-state index is 0.0286. The molecule has 0 saturated heterocycles. The molecule has 1 unspecified atom stereocenters. The van der Waals surface area contributed by atoms with Crippen LogP contribution in [0.4, 0.5) is 5.69 Å². The Hall–Kier alpha value is -2.66. The first-order valence-corrected chi connectivity index (χ1v) is 8.55. The highest BCUT2D eigenvalue weighted by molar-refractivity contribution is 9.10. The van der Waals surface area contributed by atoms with Gasteiger partial charge in [0.25, 0.3) is 0 Å². The summed E-state index contributed by atoms with van der Waals surface area (Å²) >= 11 is 3.70. The number of nitrogens with one attached hydrogen (secondary N) is 2. The molecule has 2 aromatic heterocycles. The zero-order valence-corrected chi connectivity index (χ0v) is 14.2. The van der Waals surface area contributed by atoms with Crippen LogP contribution in [0.15, 0.2) is 65.4 Å². The number of H-pyrrole nitrogens is 1. The van der Waals surface area contributed by atoms with Crippen molar-refractivity contribution >= 4 is 32.7 Å². The van der Waals surface area contributed by atoms with Crippen LogP contribution in [0.3, 0.4) is 0 Å². The summed E-state index contributed by atoms with van der Waals surface area (Å²) in [6.07, 6.45) is 3.88. The number of para-hydroxylation sites is 1. The van der Waals surface area contributed by atoms with Gasteiger partial charge in [0, 0.05) is 38.4 Å². The Bertz CT molecular complexity index is 1070. The third kappa shape index (κ3) is 1.91. The fourth-order valence-electron chi connectivity index (χ4n) is 3.46. The van der Waals surface area contributed by atoms with Crippen LogP contribution in [0.1, 0.15) is 17.2 Å². The maximum Gasteiger partial charge on any atom is 0.160 e. The van der Waals surface area contributed by atoms with Crippen LogP contribution in [0.2, 0.25) is 0 Å². The molecule has 0 fully saturated rings. The van der Waals surface area contributed by atoms with Crippen molar-refractivity contribution in [1.29, 1.82) is 0 Å². The molecule has 1 atom stereocenters. The number of fused-ring (bicyclic) bond motifs is 2. The van der Waals surface area contributed by atoms with E-state index in [2.05, 4.69) is 78.9 Å². The number of aromatic nitrogens is 3. The van der Waals surface area contributed by atoms with Gasteiger partial charge in [0.05, 0.1) is 12.2 Å². The first kappa shape index (κ1) is 13.7. The van der Waals surface area contributed by atoms with E-state index in [9.17, 15) is 0 Å².